The number of aryl methyl sites for hydroxylation is 1. The molecule has 0 unspecified atom stereocenters. The van der Waals surface area contributed by atoms with Crippen molar-refractivity contribution in [3.63, 3.8) is 0 Å². The maximum atomic E-state index is 5.89. The highest BCUT2D eigenvalue weighted by Crippen LogP contribution is 2.27. The Labute approximate surface area is 81.2 Å². The molecule has 2 heteroatoms. The summed E-state index contributed by atoms with van der Waals surface area (Å²) in [6.07, 6.45) is 7.07. The average molecular weight is 197 g/mol. The van der Waals surface area contributed by atoms with Crippen molar-refractivity contribution in [2.24, 2.45) is 0 Å². The van der Waals surface area contributed by atoms with Crippen molar-refractivity contribution in [2.45, 2.75) is 13.3 Å². The number of halogens is 1. The van der Waals surface area contributed by atoms with Crippen molar-refractivity contribution >= 4 is 29.0 Å². The summed E-state index contributed by atoms with van der Waals surface area (Å²) in [6, 6.07) is 2.21. The second kappa shape index (κ2) is 3.08. The zero-order valence-electron chi connectivity index (χ0n) is 6.80. The molecule has 1 aromatic rings. The summed E-state index contributed by atoms with van der Waals surface area (Å²) in [5, 5.41) is 0.844. The van der Waals surface area contributed by atoms with Crippen LogP contribution in [0.4, 0.5) is 0 Å². The highest BCUT2D eigenvalue weighted by atomic mass is 35.5. The highest BCUT2D eigenvalue weighted by Gasteiger charge is 2.05. The Morgan fingerprint density at radius 1 is 1.42 bits per heavy atom. The maximum absolute atomic E-state index is 5.89. The lowest BCUT2D eigenvalue weighted by Crippen LogP contribution is -1.74. The Morgan fingerprint density at radius 3 is 3.08 bits per heavy atom. The smallest absolute Gasteiger partial charge is 0.0369 e. The van der Waals surface area contributed by atoms with Crippen LogP contribution in [0.5, 0.6) is 0 Å². The molecular weight excluding hydrogens is 188 g/mol. The van der Waals surface area contributed by atoms with E-state index in [-0.39, 0.29) is 0 Å². The van der Waals surface area contributed by atoms with Crippen LogP contribution in [-0.2, 0) is 6.42 Å². The van der Waals surface area contributed by atoms with Crippen LogP contribution < -0.4 is 0 Å². The molecule has 0 nitrogen and oxygen atoms in total. The molecule has 12 heavy (non-hydrogen) atoms. The van der Waals surface area contributed by atoms with Crippen molar-refractivity contribution in [1.82, 2.24) is 0 Å². The van der Waals surface area contributed by atoms with Gasteiger partial charge in [0.15, 0.2) is 0 Å². The second-order valence-corrected chi connectivity index (χ2v) is 4.64. The Bertz CT molecular complexity index is 358. The molecule has 2 rings (SSSR count). The molecule has 0 saturated heterocycles. The molecule has 1 aromatic heterocycles. The summed E-state index contributed by atoms with van der Waals surface area (Å²) < 4.78 is 0. The number of hydrogen-bond donors (Lipinski definition) is 0. The average Bonchev–Trinajstić information content (AvgIpc) is 2.31. The van der Waals surface area contributed by atoms with Crippen LogP contribution in [-0.4, -0.2) is 0 Å². The minimum Gasteiger partial charge on any atom is -0.145 e. The Morgan fingerprint density at radius 2 is 2.25 bits per heavy atom. The minimum atomic E-state index is 0.844. The van der Waals surface area contributed by atoms with E-state index in [9.17, 15) is 0 Å². The maximum Gasteiger partial charge on any atom is 0.0369 e. The van der Waals surface area contributed by atoms with Crippen LogP contribution in [0.3, 0.4) is 0 Å². The lowest BCUT2D eigenvalue weighted by molar-refractivity contribution is 1.34. The van der Waals surface area contributed by atoms with E-state index in [4.69, 9.17) is 11.6 Å². The number of thiophene rings is 1. The fraction of sp³-hybridized carbons (Fsp3) is 0.200. The molecule has 0 radical (unpaired) electrons. The second-order valence-electron chi connectivity index (χ2n) is 2.86. The van der Waals surface area contributed by atoms with Crippen LogP contribution in [0, 0.1) is 6.92 Å². The van der Waals surface area contributed by atoms with Gasteiger partial charge in [-0.3, -0.25) is 0 Å². The molecule has 0 spiro atoms. The first-order valence-electron chi connectivity index (χ1n) is 3.89. The molecule has 1 heterocycles. The molecule has 0 atom stereocenters. The third-order valence-corrected chi connectivity index (χ3v) is 3.24. The number of rotatable bonds is 0. The van der Waals surface area contributed by atoms with E-state index < -0.39 is 0 Å². The van der Waals surface area contributed by atoms with Gasteiger partial charge >= 0.3 is 0 Å². The number of fused-ring (bicyclic) bond motifs is 1. The van der Waals surface area contributed by atoms with Gasteiger partial charge in [0.2, 0.25) is 0 Å². The van der Waals surface area contributed by atoms with Crippen molar-refractivity contribution in [3.05, 3.63) is 38.6 Å². The molecule has 0 saturated carbocycles. The molecule has 1 aliphatic carbocycles. The SMILES string of the molecule is Cc1cc2c(s1)CC=C(Cl)C=C2. The standard InChI is InChI=1S/C10H9ClS/c1-7-6-8-2-3-9(11)4-5-10(8)12-7/h2-4,6H,5H2,1H3. The third-order valence-electron chi connectivity index (χ3n) is 1.87. The van der Waals surface area contributed by atoms with E-state index in [1.165, 1.54) is 15.3 Å². The first-order chi connectivity index (χ1) is 5.75. The third kappa shape index (κ3) is 1.47. The topological polar surface area (TPSA) is 0 Å². The lowest BCUT2D eigenvalue weighted by atomic mass is 10.2. The van der Waals surface area contributed by atoms with E-state index >= 15 is 0 Å². The van der Waals surface area contributed by atoms with Crippen LogP contribution >= 0.6 is 22.9 Å². The van der Waals surface area contributed by atoms with Crippen LogP contribution in [0.2, 0.25) is 0 Å². The fourth-order valence-electron chi connectivity index (χ4n) is 1.31. The van der Waals surface area contributed by atoms with Crippen LogP contribution in [0.15, 0.2) is 23.3 Å². The molecule has 0 aliphatic heterocycles. The largest absolute Gasteiger partial charge is 0.145 e. The van der Waals surface area contributed by atoms with Crippen molar-refractivity contribution < 1.29 is 0 Å². The first kappa shape index (κ1) is 8.09. The molecule has 0 amide bonds. The van der Waals surface area contributed by atoms with Gasteiger partial charge in [-0.2, -0.15) is 0 Å². The Hall–Kier alpha value is -0.530. The summed E-state index contributed by atoms with van der Waals surface area (Å²) in [5.41, 5.74) is 1.32. The zero-order valence-corrected chi connectivity index (χ0v) is 8.38. The highest BCUT2D eigenvalue weighted by molar-refractivity contribution is 7.12. The molecule has 0 fully saturated rings. The van der Waals surface area contributed by atoms with Gasteiger partial charge in [-0.25, -0.2) is 0 Å². The number of allylic oxidation sites excluding steroid dienone is 3. The van der Waals surface area contributed by atoms with Gasteiger partial charge < -0.3 is 0 Å². The molecule has 1 aliphatic rings. The van der Waals surface area contributed by atoms with Crippen molar-refractivity contribution in [2.75, 3.05) is 0 Å². The minimum absolute atomic E-state index is 0.844. The molecule has 62 valence electrons. The predicted octanol–water partition coefficient (Wildman–Crippen LogP) is 3.75. The lowest BCUT2D eigenvalue weighted by Gasteiger charge is -1.89. The van der Waals surface area contributed by atoms with Gasteiger partial charge in [0.1, 0.15) is 0 Å². The van der Waals surface area contributed by atoms with E-state index in [2.05, 4.69) is 25.1 Å². The summed E-state index contributed by atoms with van der Waals surface area (Å²) in [6.45, 7) is 2.14. The summed E-state index contributed by atoms with van der Waals surface area (Å²) in [7, 11) is 0. The van der Waals surface area contributed by atoms with Gasteiger partial charge in [0.05, 0.1) is 0 Å². The van der Waals surface area contributed by atoms with Crippen LogP contribution in [0.1, 0.15) is 15.3 Å². The van der Waals surface area contributed by atoms with Gasteiger partial charge in [0.25, 0.3) is 0 Å². The van der Waals surface area contributed by atoms with Gasteiger partial charge in [-0.05, 0) is 24.6 Å². The summed E-state index contributed by atoms with van der Waals surface area (Å²) in [5.74, 6) is 0. The molecular formula is C10H9ClS. The van der Waals surface area contributed by atoms with Gasteiger partial charge in [-0.1, -0.05) is 23.8 Å². The first-order valence-corrected chi connectivity index (χ1v) is 5.08. The zero-order chi connectivity index (χ0) is 8.55. The summed E-state index contributed by atoms with van der Waals surface area (Å²) >= 11 is 7.74. The van der Waals surface area contributed by atoms with Crippen molar-refractivity contribution in [3.8, 4) is 0 Å². The molecule has 0 N–H and O–H groups in total. The van der Waals surface area contributed by atoms with E-state index in [1.54, 1.807) is 0 Å². The Kier molecular flexibility index (Phi) is 2.07. The number of hydrogen-bond acceptors (Lipinski definition) is 1. The summed E-state index contributed by atoms with van der Waals surface area (Å²) in [4.78, 5) is 2.79. The molecule has 0 aromatic carbocycles. The van der Waals surface area contributed by atoms with Crippen LogP contribution in [0.25, 0.3) is 6.08 Å². The van der Waals surface area contributed by atoms with Crippen molar-refractivity contribution in [1.29, 1.82) is 0 Å². The van der Waals surface area contributed by atoms with E-state index in [0.29, 0.717) is 0 Å². The molecule has 0 bridgehead atoms. The fourth-order valence-corrected chi connectivity index (χ4v) is 2.44. The Balaban J connectivity index is 2.46. The van der Waals surface area contributed by atoms with E-state index in [0.717, 1.165) is 11.5 Å². The quantitative estimate of drug-likeness (QED) is 0.593. The monoisotopic (exact) mass is 196 g/mol. The predicted molar refractivity (Wildman–Crippen MR) is 55.7 cm³/mol. The van der Waals surface area contributed by atoms with Gasteiger partial charge in [0, 0.05) is 21.2 Å². The van der Waals surface area contributed by atoms with E-state index in [1.807, 2.05) is 17.4 Å². The van der Waals surface area contributed by atoms with Gasteiger partial charge in [-0.15, -0.1) is 11.3 Å². The normalized spacial score (nSPS) is 15.3.